The summed E-state index contributed by atoms with van der Waals surface area (Å²) >= 11 is 0. The highest BCUT2D eigenvalue weighted by Crippen LogP contribution is 2.48. The molecule has 3 atom stereocenters. The summed E-state index contributed by atoms with van der Waals surface area (Å²) in [6.07, 6.45) is -4.97. The Morgan fingerprint density at radius 3 is 2.38 bits per heavy atom. The summed E-state index contributed by atoms with van der Waals surface area (Å²) < 4.78 is 91.6. The van der Waals surface area contributed by atoms with Crippen LogP contribution in [0.3, 0.4) is 0 Å². The molecule has 0 radical (unpaired) electrons. The molecule has 2 aromatic carbocycles. The number of halogens is 6. The number of rotatable bonds is 7. The maximum atomic E-state index is 13.5. The first-order valence-corrected chi connectivity index (χ1v) is 13.7. The van der Waals surface area contributed by atoms with E-state index in [0.717, 1.165) is 49.0 Å². The van der Waals surface area contributed by atoms with Gasteiger partial charge in [-0.25, -0.2) is 0 Å². The Kier molecular flexibility index (Phi) is 7.85. The maximum Gasteiger partial charge on any atom is 0.416 e. The van der Waals surface area contributed by atoms with Crippen LogP contribution in [-0.4, -0.2) is 37.2 Å². The Balaban J connectivity index is 1.28. The van der Waals surface area contributed by atoms with Crippen molar-refractivity contribution in [2.45, 2.75) is 69.9 Å². The van der Waals surface area contributed by atoms with Crippen LogP contribution in [0.2, 0.25) is 0 Å². The van der Waals surface area contributed by atoms with E-state index in [1.165, 1.54) is 7.11 Å². The highest BCUT2D eigenvalue weighted by atomic mass is 19.4. The lowest BCUT2D eigenvalue weighted by atomic mass is 9.82. The molecule has 4 nitrogen and oxygen atoms in total. The Hall–Kier alpha value is -2.75. The molecular formula is C30H33F6NO3. The molecule has 3 unspecified atom stereocenters. The molecule has 1 saturated carbocycles. The molecule has 0 aromatic heterocycles. The molecule has 0 spiro atoms. The number of fused-ring (bicyclic) bond motifs is 1. The number of ether oxygens (including phenoxy) is 2. The van der Waals surface area contributed by atoms with E-state index < -0.39 is 23.5 Å². The molecular weight excluding hydrogens is 536 g/mol. The second-order valence-corrected chi connectivity index (χ2v) is 11.4. The average molecular weight is 570 g/mol. The number of esters is 1. The summed E-state index contributed by atoms with van der Waals surface area (Å²) in [5, 5.41) is 0. The van der Waals surface area contributed by atoms with Gasteiger partial charge in [0.2, 0.25) is 0 Å². The largest absolute Gasteiger partial charge is 0.490 e. The Morgan fingerprint density at radius 1 is 1.02 bits per heavy atom. The summed E-state index contributed by atoms with van der Waals surface area (Å²) in [6, 6.07) is 7.78. The minimum Gasteiger partial charge on any atom is -0.490 e. The first-order valence-electron chi connectivity index (χ1n) is 13.7. The fourth-order valence-corrected chi connectivity index (χ4v) is 6.29. The zero-order valence-electron chi connectivity index (χ0n) is 22.4. The summed E-state index contributed by atoms with van der Waals surface area (Å²) in [4.78, 5) is 14.1. The minimum atomic E-state index is -4.74. The van der Waals surface area contributed by atoms with Gasteiger partial charge >= 0.3 is 18.3 Å². The van der Waals surface area contributed by atoms with Crippen molar-refractivity contribution in [2.24, 2.45) is 17.8 Å². The second kappa shape index (κ2) is 10.9. The van der Waals surface area contributed by atoms with Crippen molar-refractivity contribution in [1.29, 1.82) is 0 Å². The van der Waals surface area contributed by atoms with E-state index in [9.17, 15) is 31.1 Å². The molecule has 2 fully saturated rings. The molecule has 0 amide bonds. The normalized spacial score (nSPS) is 21.9. The van der Waals surface area contributed by atoms with Crippen LogP contribution in [0.4, 0.5) is 26.3 Å². The monoisotopic (exact) mass is 569 g/mol. The number of carbonyl (C=O) groups is 1. The molecule has 0 bridgehead atoms. The van der Waals surface area contributed by atoms with E-state index in [1.807, 2.05) is 13.0 Å². The quantitative estimate of drug-likeness (QED) is 0.260. The molecule has 5 rings (SSSR count). The lowest BCUT2D eigenvalue weighted by Gasteiger charge is -2.43. The van der Waals surface area contributed by atoms with Crippen LogP contribution in [0.5, 0.6) is 5.75 Å². The van der Waals surface area contributed by atoms with Crippen molar-refractivity contribution in [3.05, 3.63) is 64.2 Å². The highest BCUT2D eigenvalue weighted by Gasteiger charge is 2.42. The van der Waals surface area contributed by atoms with Crippen molar-refractivity contribution >= 4 is 5.97 Å². The maximum absolute atomic E-state index is 13.5. The molecule has 2 aliphatic heterocycles. The molecule has 40 heavy (non-hydrogen) atoms. The van der Waals surface area contributed by atoms with Gasteiger partial charge < -0.3 is 9.47 Å². The third-order valence-electron chi connectivity index (χ3n) is 8.57. The number of hydrogen-bond donors (Lipinski definition) is 0. The van der Waals surface area contributed by atoms with E-state index in [1.54, 1.807) is 4.90 Å². The molecule has 10 heteroatoms. The number of nitrogens with zero attached hydrogens (tertiary/aromatic N) is 1. The lowest BCUT2D eigenvalue weighted by Crippen LogP contribution is -2.52. The molecule has 1 aliphatic carbocycles. The van der Waals surface area contributed by atoms with E-state index in [2.05, 4.69) is 12.1 Å². The van der Waals surface area contributed by atoms with Crippen molar-refractivity contribution in [2.75, 3.05) is 20.2 Å². The van der Waals surface area contributed by atoms with Crippen molar-refractivity contribution in [3.63, 3.8) is 0 Å². The van der Waals surface area contributed by atoms with Crippen LogP contribution in [0, 0.1) is 17.8 Å². The topological polar surface area (TPSA) is 38.8 Å². The average Bonchev–Trinajstić information content (AvgIpc) is 3.71. The Bertz CT molecular complexity index is 1230. The molecule has 3 aliphatic rings. The minimum absolute atomic E-state index is 0.0394. The van der Waals surface area contributed by atoms with Crippen molar-refractivity contribution < 1.29 is 40.6 Å². The standard InChI is InChI=1S/C30H33F6NO3/c1-17(28(38)39-2)27(19-7-8-19)20-9-6-18-4-3-5-25(40-26(18)13-20)22-15-37(16-22)14-21-12-23(29(31,32)33)10-11-24(21)30(34,35)36/h6,9-13,17,19,22,25,27H,3-5,7-8,14-16H2,1-2H3. The summed E-state index contributed by atoms with van der Waals surface area (Å²) in [5.41, 5.74) is -0.371. The smallest absolute Gasteiger partial charge is 0.416 e. The third kappa shape index (κ3) is 6.11. The summed E-state index contributed by atoms with van der Waals surface area (Å²) in [6.45, 7) is 2.56. The lowest BCUT2D eigenvalue weighted by molar-refractivity contribution is -0.146. The number of hydrogen-bond acceptors (Lipinski definition) is 4. The predicted octanol–water partition coefficient (Wildman–Crippen LogP) is 7.24. The summed E-state index contributed by atoms with van der Waals surface area (Å²) in [5.74, 6) is 0.773. The fraction of sp³-hybridized carbons (Fsp3) is 0.567. The fourth-order valence-electron chi connectivity index (χ4n) is 6.29. The van der Waals surface area contributed by atoms with Crippen LogP contribution in [0.25, 0.3) is 0 Å². The van der Waals surface area contributed by atoms with E-state index in [0.29, 0.717) is 37.2 Å². The van der Waals surface area contributed by atoms with Gasteiger partial charge in [-0.05, 0) is 84.9 Å². The molecule has 1 saturated heterocycles. The molecule has 2 aromatic rings. The van der Waals surface area contributed by atoms with E-state index in [-0.39, 0.29) is 41.9 Å². The van der Waals surface area contributed by atoms with Crippen LogP contribution in [0.15, 0.2) is 36.4 Å². The zero-order chi connectivity index (χ0) is 28.8. The highest BCUT2D eigenvalue weighted by molar-refractivity contribution is 5.73. The van der Waals surface area contributed by atoms with Gasteiger partial charge in [0.25, 0.3) is 0 Å². The van der Waals surface area contributed by atoms with Gasteiger partial charge in [-0.2, -0.15) is 26.3 Å². The van der Waals surface area contributed by atoms with Gasteiger partial charge in [-0.15, -0.1) is 0 Å². The van der Waals surface area contributed by atoms with Gasteiger partial charge in [0.1, 0.15) is 11.9 Å². The van der Waals surface area contributed by atoms with Crippen molar-refractivity contribution in [3.8, 4) is 5.75 Å². The predicted molar refractivity (Wildman–Crippen MR) is 136 cm³/mol. The SMILES string of the molecule is COC(=O)C(C)C(c1ccc2c(c1)OC(C1CN(Cc3cc(C(F)(F)F)ccc3C(F)(F)F)C1)CCC2)C1CC1. The van der Waals surface area contributed by atoms with Crippen LogP contribution < -0.4 is 4.74 Å². The van der Waals surface area contributed by atoms with Gasteiger partial charge in [-0.3, -0.25) is 9.69 Å². The Labute approximate surface area is 229 Å². The summed E-state index contributed by atoms with van der Waals surface area (Å²) in [7, 11) is 1.40. The van der Waals surface area contributed by atoms with E-state index >= 15 is 0 Å². The first-order chi connectivity index (χ1) is 18.8. The number of aryl methyl sites for hydroxylation is 1. The molecule has 218 valence electrons. The van der Waals surface area contributed by atoms with Crippen LogP contribution in [0.1, 0.15) is 66.3 Å². The third-order valence-corrected chi connectivity index (χ3v) is 8.57. The number of carbonyl (C=O) groups excluding carboxylic acids is 1. The van der Waals surface area contributed by atoms with Gasteiger partial charge in [0.05, 0.1) is 24.2 Å². The molecule has 0 N–H and O–H groups in total. The zero-order valence-corrected chi connectivity index (χ0v) is 22.4. The number of benzene rings is 2. The molecule has 2 heterocycles. The number of likely N-dealkylation sites (tertiary alicyclic amines) is 1. The van der Waals surface area contributed by atoms with Gasteiger partial charge in [-0.1, -0.05) is 19.1 Å². The number of alkyl halides is 6. The van der Waals surface area contributed by atoms with Gasteiger partial charge in [0.15, 0.2) is 0 Å². The number of methoxy groups -OCH3 is 1. The van der Waals surface area contributed by atoms with Crippen LogP contribution in [-0.2, 0) is 34.8 Å². The van der Waals surface area contributed by atoms with Gasteiger partial charge in [0, 0.05) is 25.6 Å². The van der Waals surface area contributed by atoms with Crippen LogP contribution >= 0.6 is 0 Å². The Morgan fingerprint density at radius 2 is 1.75 bits per heavy atom. The second-order valence-electron chi connectivity index (χ2n) is 11.4. The van der Waals surface area contributed by atoms with E-state index in [4.69, 9.17) is 9.47 Å². The van der Waals surface area contributed by atoms with Crippen molar-refractivity contribution in [1.82, 2.24) is 4.90 Å². The first kappa shape index (κ1) is 28.8.